The average molecular weight is 509 g/mol. The lowest BCUT2D eigenvalue weighted by atomic mass is 9.84. The van der Waals surface area contributed by atoms with Crippen LogP contribution in [0.3, 0.4) is 0 Å². The Kier molecular flexibility index (Phi) is 7.03. The SMILES string of the molecule is CCCC1CCCN1c1ccc(CC(=O)C2=CCc3cccc(C(F)(F)F)c3C2=O)c(C(F)(F)F)c1. The van der Waals surface area contributed by atoms with E-state index in [0.29, 0.717) is 12.2 Å². The van der Waals surface area contributed by atoms with Gasteiger partial charge in [-0.1, -0.05) is 37.6 Å². The fraction of sp³-hybridized carbons (Fsp3) is 0.407. The summed E-state index contributed by atoms with van der Waals surface area (Å²) in [5.41, 5.74) is -3.03. The summed E-state index contributed by atoms with van der Waals surface area (Å²) in [5.74, 6) is -2.05. The lowest BCUT2D eigenvalue weighted by molar-refractivity contribution is -0.139. The minimum absolute atomic E-state index is 0.0924. The van der Waals surface area contributed by atoms with Crippen molar-refractivity contribution in [3.63, 3.8) is 0 Å². The summed E-state index contributed by atoms with van der Waals surface area (Å²) in [4.78, 5) is 27.8. The number of alkyl halides is 6. The Morgan fingerprint density at radius 3 is 2.42 bits per heavy atom. The molecule has 0 saturated carbocycles. The van der Waals surface area contributed by atoms with Gasteiger partial charge in [0, 0.05) is 30.3 Å². The summed E-state index contributed by atoms with van der Waals surface area (Å²) in [6.07, 6.45) is -5.64. The number of allylic oxidation sites excluding steroid dienone is 2. The predicted molar refractivity (Wildman–Crippen MR) is 123 cm³/mol. The van der Waals surface area contributed by atoms with Crippen LogP contribution in [0.15, 0.2) is 48.0 Å². The van der Waals surface area contributed by atoms with Crippen LogP contribution in [0.4, 0.5) is 32.0 Å². The monoisotopic (exact) mass is 509 g/mol. The maximum absolute atomic E-state index is 14.0. The van der Waals surface area contributed by atoms with Crippen molar-refractivity contribution in [3.8, 4) is 0 Å². The van der Waals surface area contributed by atoms with Crippen molar-refractivity contribution in [2.24, 2.45) is 0 Å². The average Bonchev–Trinajstić information content (AvgIpc) is 3.26. The summed E-state index contributed by atoms with van der Waals surface area (Å²) in [6, 6.07) is 7.26. The maximum atomic E-state index is 14.0. The van der Waals surface area contributed by atoms with Crippen molar-refractivity contribution >= 4 is 17.3 Å². The van der Waals surface area contributed by atoms with Gasteiger partial charge in [0.05, 0.1) is 16.7 Å². The molecule has 2 aromatic rings. The summed E-state index contributed by atoms with van der Waals surface area (Å²) in [6.45, 7) is 2.66. The standard InChI is InChI=1S/C27H25F6NO2/c1-2-5-18-7-4-13-34(18)19-11-9-17(22(15-19)27(31,32)33)14-23(35)20-12-10-16-6-3-8-21(26(28,29)30)24(16)25(20)36/h3,6,8-9,11-12,15,18H,2,4-5,7,10,13-14H2,1H3. The molecule has 36 heavy (non-hydrogen) atoms. The van der Waals surface area contributed by atoms with Crippen molar-refractivity contribution in [1.82, 2.24) is 0 Å². The third-order valence-corrected chi connectivity index (χ3v) is 6.83. The highest BCUT2D eigenvalue weighted by Crippen LogP contribution is 2.39. The van der Waals surface area contributed by atoms with E-state index in [-0.39, 0.29) is 23.6 Å². The van der Waals surface area contributed by atoms with Crippen LogP contribution >= 0.6 is 0 Å². The van der Waals surface area contributed by atoms with Crippen molar-refractivity contribution in [2.75, 3.05) is 11.4 Å². The summed E-state index contributed by atoms with van der Waals surface area (Å²) < 4.78 is 82.3. The van der Waals surface area contributed by atoms with Gasteiger partial charge >= 0.3 is 12.4 Å². The molecule has 9 heteroatoms. The predicted octanol–water partition coefficient (Wildman–Crippen LogP) is 6.97. The van der Waals surface area contributed by atoms with Crippen molar-refractivity contribution in [2.45, 2.75) is 63.8 Å². The van der Waals surface area contributed by atoms with Crippen molar-refractivity contribution in [1.29, 1.82) is 0 Å². The van der Waals surface area contributed by atoms with Crippen LogP contribution in [-0.4, -0.2) is 24.2 Å². The molecular formula is C27H25F6NO2. The smallest absolute Gasteiger partial charge is 0.369 e. The molecule has 0 spiro atoms. The minimum atomic E-state index is -4.81. The molecule has 1 aliphatic carbocycles. The highest BCUT2D eigenvalue weighted by atomic mass is 19.4. The first-order valence-corrected chi connectivity index (χ1v) is 11.9. The highest BCUT2D eigenvalue weighted by Gasteiger charge is 2.40. The highest BCUT2D eigenvalue weighted by molar-refractivity contribution is 6.28. The topological polar surface area (TPSA) is 37.4 Å². The Balaban J connectivity index is 1.63. The van der Waals surface area contributed by atoms with Gasteiger partial charge in [-0.05, 0) is 55.0 Å². The number of rotatable bonds is 6. The van der Waals surface area contributed by atoms with E-state index in [1.807, 2.05) is 11.8 Å². The molecule has 1 unspecified atom stereocenters. The van der Waals surface area contributed by atoms with Gasteiger partial charge in [0.15, 0.2) is 11.6 Å². The molecule has 0 bridgehead atoms. The lowest BCUT2D eigenvalue weighted by Gasteiger charge is -2.28. The van der Waals surface area contributed by atoms with Gasteiger partial charge in [-0.2, -0.15) is 26.3 Å². The molecule has 1 atom stereocenters. The molecule has 0 N–H and O–H groups in total. The van der Waals surface area contributed by atoms with Crippen molar-refractivity contribution < 1.29 is 35.9 Å². The number of nitrogens with zero attached hydrogens (tertiary/aromatic N) is 1. The van der Waals surface area contributed by atoms with E-state index in [2.05, 4.69) is 0 Å². The fourth-order valence-electron chi connectivity index (χ4n) is 5.19. The number of hydrogen-bond donors (Lipinski definition) is 0. The first kappa shape index (κ1) is 26.0. The van der Waals surface area contributed by atoms with Gasteiger partial charge in [-0.25, -0.2) is 0 Å². The largest absolute Gasteiger partial charge is 0.417 e. The van der Waals surface area contributed by atoms with Gasteiger partial charge < -0.3 is 4.90 Å². The van der Waals surface area contributed by atoms with Gasteiger partial charge in [0.2, 0.25) is 0 Å². The zero-order valence-corrected chi connectivity index (χ0v) is 19.6. The quantitative estimate of drug-likeness (QED) is 0.312. The Hall–Kier alpha value is -3.10. The number of benzene rings is 2. The van der Waals surface area contributed by atoms with Gasteiger partial charge in [0.1, 0.15) is 0 Å². The van der Waals surface area contributed by atoms with E-state index in [4.69, 9.17) is 0 Å². The molecule has 0 aromatic heterocycles. The molecule has 3 nitrogen and oxygen atoms in total. The molecule has 1 heterocycles. The zero-order chi connectivity index (χ0) is 26.3. The third-order valence-electron chi connectivity index (χ3n) is 6.83. The van der Waals surface area contributed by atoms with E-state index in [1.165, 1.54) is 24.3 Å². The Bertz CT molecular complexity index is 1210. The Morgan fingerprint density at radius 1 is 1.03 bits per heavy atom. The number of halogens is 6. The first-order chi connectivity index (χ1) is 16.9. The summed E-state index contributed by atoms with van der Waals surface area (Å²) >= 11 is 0. The molecule has 1 aliphatic heterocycles. The summed E-state index contributed by atoms with van der Waals surface area (Å²) in [7, 11) is 0. The molecule has 1 saturated heterocycles. The Labute approximate surface area is 204 Å². The molecule has 4 rings (SSSR count). The van der Waals surface area contributed by atoms with Crippen LogP contribution in [0.2, 0.25) is 0 Å². The van der Waals surface area contributed by atoms with Crippen molar-refractivity contribution in [3.05, 3.63) is 75.9 Å². The summed E-state index contributed by atoms with van der Waals surface area (Å²) in [5, 5.41) is 0. The fourth-order valence-corrected chi connectivity index (χ4v) is 5.19. The van der Waals surface area contributed by atoms with Gasteiger partial charge in [-0.15, -0.1) is 0 Å². The lowest BCUT2D eigenvalue weighted by Crippen LogP contribution is -2.29. The minimum Gasteiger partial charge on any atom is -0.369 e. The zero-order valence-electron chi connectivity index (χ0n) is 19.6. The molecule has 0 radical (unpaired) electrons. The second kappa shape index (κ2) is 9.75. The molecule has 2 aromatic carbocycles. The molecule has 0 amide bonds. The van der Waals surface area contributed by atoms with E-state index < -0.39 is 52.6 Å². The molecule has 192 valence electrons. The second-order valence-corrected chi connectivity index (χ2v) is 9.21. The Morgan fingerprint density at radius 2 is 1.75 bits per heavy atom. The van der Waals surface area contributed by atoms with Crippen LogP contribution in [0.5, 0.6) is 0 Å². The number of carbonyl (C=O) groups excluding carboxylic acids is 2. The van der Waals surface area contributed by atoms with Crippen LogP contribution in [0.1, 0.15) is 65.2 Å². The third kappa shape index (κ3) is 5.06. The van der Waals surface area contributed by atoms with E-state index in [9.17, 15) is 35.9 Å². The van der Waals surface area contributed by atoms with Crippen LogP contribution < -0.4 is 4.90 Å². The number of carbonyl (C=O) groups is 2. The van der Waals surface area contributed by atoms with Gasteiger partial charge in [-0.3, -0.25) is 9.59 Å². The number of hydrogen-bond acceptors (Lipinski definition) is 3. The maximum Gasteiger partial charge on any atom is 0.417 e. The number of anilines is 1. The van der Waals surface area contributed by atoms with Crippen LogP contribution in [0, 0.1) is 0 Å². The van der Waals surface area contributed by atoms with Crippen LogP contribution in [0.25, 0.3) is 0 Å². The van der Waals surface area contributed by atoms with E-state index in [1.54, 1.807) is 6.07 Å². The number of fused-ring (bicyclic) bond motifs is 1. The second-order valence-electron chi connectivity index (χ2n) is 9.21. The molecule has 2 aliphatic rings. The molecule has 1 fully saturated rings. The number of Topliss-reactive ketones (excluding diaryl/α,β-unsaturated/α-hetero) is 2. The first-order valence-electron chi connectivity index (χ1n) is 11.9. The normalized spacial score (nSPS) is 18.3. The van der Waals surface area contributed by atoms with Gasteiger partial charge in [0.25, 0.3) is 0 Å². The van der Waals surface area contributed by atoms with E-state index >= 15 is 0 Å². The van der Waals surface area contributed by atoms with Crippen LogP contribution in [-0.2, 0) is 30.0 Å². The van der Waals surface area contributed by atoms with E-state index in [0.717, 1.165) is 37.8 Å². The number of ketones is 2. The molecular weight excluding hydrogens is 484 g/mol.